The molecule has 0 aliphatic heterocycles. The Hall–Kier alpha value is -1.51. The van der Waals surface area contributed by atoms with Crippen LogP contribution in [0.2, 0.25) is 0 Å². The average Bonchev–Trinajstić information content (AvgIpc) is 3.15. The molecule has 29 heavy (non-hydrogen) atoms. The fourth-order valence-electron chi connectivity index (χ4n) is 3.83. The number of rotatable bonds is 8. The minimum absolute atomic E-state index is 0. The van der Waals surface area contributed by atoms with Gasteiger partial charge in [0.1, 0.15) is 5.75 Å². The molecular formula is C22H37IN4O2. The van der Waals surface area contributed by atoms with Crippen LogP contribution in [-0.4, -0.2) is 50.6 Å². The maximum atomic E-state index is 12.8. The number of carbonyl (C=O) groups excluding carboxylic acids is 1. The van der Waals surface area contributed by atoms with E-state index in [1.807, 2.05) is 27.9 Å². The Morgan fingerprint density at radius 2 is 1.90 bits per heavy atom. The predicted molar refractivity (Wildman–Crippen MR) is 130 cm³/mol. The number of nitrogens with one attached hydrogen (secondary N) is 2. The Bertz CT molecular complexity index is 685. The molecule has 2 N–H and O–H groups in total. The molecule has 0 unspecified atom stereocenters. The standard InChI is InChI=1S/C22H36N4O2.HI/c1-6-23-21(24-15-18-11-10-17(3)14-19(18)28-7-2)25-16-22(12-8-9-13-22)20(27)26(4)5;/h10-11,14H,6-9,12-13,15-16H2,1-5H3,(H2,23,24,25);1H. The monoisotopic (exact) mass is 516 g/mol. The number of aliphatic imine (C=N–C) groups is 1. The van der Waals surface area contributed by atoms with Crippen molar-refractivity contribution in [3.05, 3.63) is 29.3 Å². The van der Waals surface area contributed by atoms with Gasteiger partial charge in [0.15, 0.2) is 5.96 Å². The van der Waals surface area contributed by atoms with Gasteiger partial charge in [0.25, 0.3) is 0 Å². The lowest BCUT2D eigenvalue weighted by molar-refractivity contribution is -0.138. The van der Waals surface area contributed by atoms with Crippen LogP contribution in [0, 0.1) is 12.3 Å². The Morgan fingerprint density at radius 1 is 1.21 bits per heavy atom. The van der Waals surface area contributed by atoms with Crippen molar-refractivity contribution in [2.75, 3.05) is 33.8 Å². The molecule has 0 radical (unpaired) electrons. The molecule has 1 aromatic carbocycles. The van der Waals surface area contributed by atoms with Gasteiger partial charge in [-0.1, -0.05) is 25.0 Å². The average molecular weight is 516 g/mol. The second kappa shape index (κ2) is 12.2. The van der Waals surface area contributed by atoms with E-state index in [0.29, 0.717) is 19.7 Å². The molecule has 1 aliphatic carbocycles. The summed E-state index contributed by atoms with van der Waals surface area (Å²) in [4.78, 5) is 19.2. The first-order valence-corrected chi connectivity index (χ1v) is 10.4. The Kier molecular flexibility index (Phi) is 10.8. The van der Waals surface area contributed by atoms with Crippen molar-refractivity contribution in [2.45, 2.75) is 53.0 Å². The Morgan fingerprint density at radius 3 is 2.48 bits per heavy atom. The highest BCUT2D eigenvalue weighted by molar-refractivity contribution is 14.0. The molecular weight excluding hydrogens is 479 g/mol. The molecule has 1 aliphatic rings. The van der Waals surface area contributed by atoms with Crippen LogP contribution in [0.5, 0.6) is 5.75 Å². The van der Waals surface area contributed by atoms with E-state index in [2.05, 4.69) is 35.8 Å². The van der Waals surface area contributed by atoms with Gasteiger partial charge in [-0.05, 0) is 45.2 Å². The molecule has 1 fully saturated rings. The molecule has 0 heterocycles. The van der Waals surface area contributed by atoms with Gasteiger partial charge in [-0.25, -0.2) is 4.99 Å². The van der Waals surface area contributed by atoms with Crippen LogP contribution in [0.15, 0.2) is 23.2 Å². The molecule has 0 aromatic heterocycles. The number of amides is 1. The van der Waals surface area contributed by atoms with E-state index >= 15 is 0 Å². The van der Waals surface area contributed by atoms with Crippen LogP contribution < -0.4 is 15.4 Å². The van der Waals surface area contributed by atoms with Crippen molar-refractivity contribution in [1.82, 2.24) is 15.5 Å². The van der Waals surface area contributed by atoms with E-state index in [1.165, 1.54) is 5.56 Å². The Labute approximate surface area is 192 Å². The number of nitrogens with zero attached hydrogens (tertiary/aromatic N) is 2. The number of aryl methyl sites for hydroxylation is 1. The second-order valence-corrected chi connectivity index (χ2v) is 7.78. The minimum Gasteiger partial charge on any atom is -0.494 e. The lowest BCUT2D eigenvalue weighted by atomic mass is 9.84. The van der Waals surface area contributed by atoms with Gasteiger partial charge < -0.3 is 20.3 Å². The van der Waals surface area contributed by atoms with Gasteiger partial charge >= 0.3 is 0 Å². The van der Waals surface area contributed by atoms with Crippen molar-refractivity contribution in [2.24, 2.45) is 10.4 Å². The zero-order valence-electron chi connectivity index (χ0n) is 18.5. The van der Waals surface area contributed by atoms with Gasteiger partial charge in [-0.2, -0.15) is 0 Å². The fraction of sp³-hybridized carbons (Fsp3) is 0.636. The highest BCUT2D eigenvalue weighted by Gasteiger charge is 2.42. The maximum Gasteiger partial charge on any atom is 0.230 e. The lowest BCUT2D eigenvalue weighted by Gasteiger charge is -2.31. The molecule has 6 nitrogen and oxygen atoms in total. The largest absolute Gasteiger partial charge is 0.494 e. The quantitative estimate of drug-likeness (QED) is 0.314. The summed E-state index contributed by atoms with van der Waals surface area (Å²) in [5.74, 6) is 1.84. The summed E-state index contributed by atoms with van der Waals surface area (Å²) in [6.07, 6.45) is 4.08. The first-order valence-electron chi connectivity index (χ1n) is 10.4. The number of guanidine groups is 1. The molecule has 7 heteroatoms. The van der Waals surface area contributed by atoms with Gasteiger partial charge in [0.05, 0.1) is 18.6 Å². The maximum absolute atomic E-state index is 12.8. The normalized spacial score (nSPS) is 15.4. The molecule has 0 spiro atoms. The number of carbonyl (C=O) groups is 1. The van der Waals surface area contributed by atoms with Gasteiger partial charge in [-0.15, -0.1) is 24.0 Å². The number of ether oxygens (including phenoxy) is 1. The third-order valence-electron chi connectivity index (χ3n) is 5.29. The summed E-state index contributed by atoms with van der Waals surface area (Å²) < 4.78 is 5.76. The van der Waals surface area contributed by atoms with Crippen LogP contribution in [-0.2, 0) is 11.3 Å². The van der Waals surface area contributed by atoms with Crippen molar-refractivity contribution < 1.29 is 9.53 Å². The van der Waals surface area contributed by atoms with Crippen molar-refractivity contribution in [3.63, 3.8) is 0 Å². The molecule has 0 saturated heterocycles. The zero-order chi connectivity index (χ0) is 20.6. The molecule has 0 bridgehead atoms. The predicted octanol–water partition coefficient (Wildman–Crippen LogP) is 3.72. The highest BCUT2D eigenvalue weighted by atomic mass is 127. The lowest BCUT2D eigenvalue weighted by Crippen LogP contribution is -2.49. The van der Waals surface area contributed by atoms with Crippen molar-refractivity contribution in [3.8, 4) is 5.75 Å². The molecule has 1 amide bonds. The van der Waals surface area contributed by atoms with Gasteiger partial charge in [-0.3, -0.25) is 4.79 Å². The van der Waals surface area contributed by atoms with Crippen LogP contribution in [0.3, 0.4) is 0 Å². The van der Waals surface area contributed by atoms with Crippen molar-refractivity contribution >= 4 is 35.8 Å². The van der Waals surface area contributed by atoms with Crippen LogP contribution in [0.4, 0.5) is 0 Å². The SMILES string of the molecule is CCNC(=NCc1ccc(C)cc1OCC)NCC1(C(=O)N(C)C)CCCC1.I. The van der Waals surface area contributed by atoms with E-state index in [0.717, 1.165) is 49.5 Å². The van der Waals surface area contributed by atoms with E-state index in [1.54, 1.807) is 4.90 Å². The van der Waals surface area contributed by atoms with E-state index in [-0.39, 0.29) is 35.3 Å². The molecule has 164 valence electrons. The molecule has 1 aromatic rings. The summed E-state index contributed by atoms with van der Waals surface area (Å²) in [6, 6.07) is 6.20. The van der Waals surface area contributed by atoms with Crippen LogP contribution >= 0.6 is 24.0 Å². The number of benzene rings is 1. The fourth-order valence-corrected chi connectivity index (χ4v) is 3.83. The van der Waals surface area contributed by atoms with Gasteiger partial charge in [0, 0.05) is 32.7 Å². The summed E-state index contributed by atoms with van der Waals surface area (Å²) >= 11 is 0. The van der Waals surface area contributed by atoms with E-state index in [9.17, 15) is 4.79 Å². The highest BCUT2D eigenvalue weighted by Crippen LogP contribution is 2.38. The van der Waals surface area contributed by atoms with Crippen LogP contribution in [0.25, 0.3) is 0 Å². The number of hydrogen-bond acceptors (Lipinski definition) is 3. The van der Waals surface area contributed by atoms with E-state index in [4.69, 9.17) is 9.73 Å². The molecule has 0 atom stereocenters. The smallest absolute Gasteiger partial charge is 0.230 e. The van der Waals surface area contributed by atoms with E-state index < -0.39 is 0 Å². The molecule has 1 saturated carbocycles. The van der Waals surface area contributed by atoms with Gasteiger partial charge in [0.2, 0.25) is 5.91 Å². The number of halogens is 1. The third-order valence-corrected chi connectivity index (χ3v) is 5.29. The zero-order valence-corrected chi connectivity index (χ0v) is 20.8. The Balaban J connectivity index is 0.00000420. The van der Waals surface area contributed by atoms with Crippen LogP contribution in [0.1, 0.15) is 50.7 Å². The molecule has 2 rings (SSSR count). The topological polar surface area (TPSA) is 66.0 Å². The summed E-state index contributed by atoms with van der Waals surface area (Å²) in [6.45, 7) is 8.64. The van der Waals surface area contributed by atoms with Crippen molar-refractivity contribution in [1.29, 1.82) is 0 Å². The first kappa shape index (κ1) is 25.5. The summed E-state index contributed by atoms with van der Waals surface area (Å²) in [5, 5.41) is 6.72. The number of hydrogen-bond donors (Lipinski definition) is 2. The first-order chi connectivity index (χ1) is 13.4. The minimum atomic E-state index is -0.319. The summed E-state index contributed by atoms with van der Waals surface area (Å²) in [5.41, 5.74) is 1.91. The third kappa shape index (κ3) is 7.04. The summed E-state index contributed by atoms with van der Waals surface area (Å²) in [7, 11) is 3.68. The second-order valence-electron chi connectivity index (χ2n) is 7.78.